The van der Waals surface area contributed by atoms with Crippen molar-refractivity contribution < 1.29 is 14.6 Å². The lowest BCUT2D eigenvalue weighted by atomic mass is 10.2. The second-order valence-corrected chi connectivity index (χ2v) is 4.99. The van der Waals surface area contributed by atoms with E-state index in [4.69, 9.17) is 9.84 Å². The Hall–Kier alpha value is -0.820. The lowest BCUT2D eigenvalue weighted by molar-refractivity contribution is -0.0522. The first-order chi connectivity index (χ1) is 7.65. The summed E-state index contributed by atoms with van der Waals surface area (Å²) in [5, 5.41) is 8.64. The summed E-state index contributed by atoms with van der Waals surface area (Å²) in [5.41, 5.74) is 1.12. The summed E-state index contributed by atoms with van der Waals surface area (Å²) in [4.78, 5) is 11.9. The molecule has 0 aliphatic carbocycles. The fourth-order valence-electron chi connectivity index (χ4n) is 1.49. The number of benzene rings is 1. The van der Waals surface area contributed by atoms with Gasteiger partial charge in [0.25, 0.3) is 0 Å². The molecule has 1 aliphatic rings. The van der Waals surface area contributed by atoms with Gasteiger partial charge in [0, 0.05) is 3.57 Å². The summed E-state index contributed by atoms with van der Waals surface area (Å²) in [6, 6.07) is 8.11. The molecule has 2 rings (SSSR count). The van der Waals surface area contributed by atoms with E-state index in [1.165, 1.54) is 8.47 Å². The second kappa shape index (κ2) is 5.01. The zero-order valence-electron chi connectivity index (χ0n) is 8.60. The van der Waals surface area contributed by atoms with Crippen LogP contribution in [-0.2, 0) is 11.3 Å². The molecular weight excluding hydrogens is 321 g/mol. The lowest BCUT2D eigenvalue weighted by Crippen LogP contribution is -2.54. The highest BCUT2D eigenvalue weighted by Crippen LogP contribution is 2.14. The standard InChI is InChI=1S/C11H12INO3/c12-9-3-1-8(2-4-9)7-16-10-5-13(6-10)11(14)15/h1-4,10H,5-7H2,(H,14,15). The van der Waals surface area contributed by atoms with Crippen molar-refractivity contribution in [2.24, 2.45) is 0 Å². The number of halogens is 1. The second-order valence-electron chi connectivity index (χ2n) is 3.75. The van der Waals surface area contributed by atoms with Crippen molar-refractivity contribution in [2.45, 2.75) is 12.7 Å². The van der Waals surface area contributed by atoms with E-state index >= 15 is 0 Å². The number of carboxylic acid groups (broad SMARTS) is 1. The first-order valence-electron chi connectivity index (χ1n) is 4.99. The topological polar surface area (TPSA) is 49.8 Å². The van der Waals surface area contributed by atoms with E-state index in [2.05, 4.69) is 22.6 Å². The number of hydrogen-bond acceptors (Lipinski definition) is 2. The maximum Gasteiger partial charge on any atom is 0.407 e. The smallest absolute Gasteiger partial charge is 0.407 e. The van der Waals surface area contributed by atoms with Crippen LogP contribution in [0.25, 0.3) is 0 Å². The van der Waals surface area contributed by atoms with Gasteiger partial charge >= 0.3 is 6.09 Å². The molecule has 0 bridgehead atoms. The van der Waals surface area contributed by atoms with E-state index in [9.17, 15) is 4.79 Å². The van der Waals surface area contributed by atoms with Gasteiger partial charge in [0.15, 0.2) is 0 Å². The maximum atomic E-state index is 10.5. The van der Waals surface area contributed by atoms with E-state index in [0.29, 0.717) is 19.7 Å². The van der Waals surface area contributed by atoms with Crippen LogP contribution in [0.1, 0.15) is 5.56 Å². The van der Waals surface area contributed by atoms with Crippen molar-refractivity contribution in [2.75, 3.05) is 13.1 Å². The van der Waals surface area contributed by atoms with E-state index in [-0.39, 0.29) is 6.10 Å². The Morgan fingerprint density at radius 3 is 2.62 bits per heavy atom. The van der Waals surface area contributed by atoms with Gasteiger partial charge in [-0.25, -0.2) is 4.79 Å². The summed E-state index contributed by atoms with van der Waals surface area (Å²) >= 11 is 2.25. The zero-order valence-corrected chi connectivity index (χ0v) is 10.8. The predicted octanol–water partition coefficient (Wildman–Crippen LogP) is 2.17. The van der Waals surface area contributed by atoms with Crippen molar-refractivity contribution >= 4 is 28.7 Å². The Labute approximate surface area is 107 Å². The lowest BCUT2D eigenvalue weighted by Gasteiger charge is -2.36. The number of hydrogen-bond donors (Lipinski definition) is 1. The minimum atomic E-state index is -0.867. The molecule has 0 aromatic heterocycles. The minimum Gasteiger partial charge on any atom is -0.465 e. The van der Waals surface area contributed by atoms with Crippen LogP contribution in [0, 0.1) is 3.57 Å². The molecule has 0 atom stereocenters. The van der Waals surface area contributed by atoms with Crippen molar-refractivity contribution in [1.82, 2.24) is 4.90 Å². The third kappa shape index (κ3) is 2.85. The van der Waals surface area contributed by atoms with Crippen molar-refractivity contribution in [3.8, 4) is 0 Å². The average molecular weight is 333 g/mol. The molecule has 0 spiro atoms. The quantitative estimate of drug-likeness (QED) is 0.863. The van der Waals surface area contributed by atoms with Crippen LogP contribution in [0.15, 0.2) is 24.3 Å². The fourth-order valence-corrected chi connectivity index (χ4v) is 1.85. The number of carbonyl (C=O) groups is 1. The highest BCUT2D eigenvalue weighted by Gasteiger charge is 2.30. The van der Waals surface area contributed by atoms with Crippen molar-refractivity contribution in [3.05, 3.63) is 33.4 Å². The van der Waals surface area contributed by atoms with Crippen LogP contribution in [0.3, 0.4) is 0 Å². The highest BCUT2D eigenvalue weighted by molar-refractivity contribution is 14.1. The molecule has 86 valence electrons. The van der Waals surface area contributed by atoms with Crippen LogP contribution >= 0.6 is 22.6 Å². The molecular formula is C11H12INO3. The minimum absolute atomic E-state index is 0.0513. The van der Waals surface area contributed by atoms with Gasteiger partial charge in [0.05, 0.1) is 25.8 Å². The number of ether oxygens (including phenoxy) is 1. The van der Waals surface area contributed by atoms with Crippen LogP contribution < -0.4 is 0 Å². The number of rotatable bonds is 3. The molecule has 5 heteroatoms. The number of nitrogens with zero attached hydrogens (tertiary/aromatic N) is 1. The molecule has 1 heterocycles. The Kier molecular flexibility index (Phi) is 3.65. The van der Waals surface area contributed by atoms with Crippen LogP contribution in [-0.4, -0.2) is 35.3 Å². The molecule has 1 aromatic carbocycles. The van der Waals surface area contributed by atoms with Crippen LogP contribution in [0.2, 0.25) is 0 Å². The molecule has 16 heavy (non-hydrogen) atoms. The molecule has 1 saturated heterocycles. The Morgan fingerprint density at radius 2 is 2.06 bits per heavy atom. The van der Waals surface area contributed by atoms with Gasteiger partial charge in [0.2, 0.25) is 0 Å². The molecule has 0 unspecified atom stereocenters. The van der Waals surface area contributed by atoms with Gasteiger partial charge in [0.1, 0.15) is 0 Å². The van der Waals surface area contributed by atoms with E-state index in [1.807, 2.05) is 24.3 Å². The third-order valence-corrected chi connectivity index (χ3v) is 3.24. The molecule has 1 N–H and O–H groups in total. The number of likely N-dealkylation sites (tertiary alicyclic amines) is 1. The van der Waals surface area contributed by atoms with E-state index in [1.54, 1.807) is 0 Å². The molecule has 0 saturated carbocycles. The highest BCUT2D eigenvalue weighted by atomic mass is 127. The Balaban J connectivity index is 1.73. The fraction of sp³-hybridized carbons (Fsp3) is 0.364. The summed E-state index contributed by atoms with van der Waals surface area (Å²) in [5.74, 6) is 0. The first-order valence-corrected chi connectivity index (χ1v) is 6.07. The summed E-state index contributed by atoms with van der Waals surface area (Å²) in [6.07, 6.45) is -0.815. The Bertz CT molecular complexity index is 373. The molecule has 1 aromatic rings. The monoisotopic (exact) mass is 333 g/mol. The third-order valence-electron chi connectivity index (χ3n) is 2.52. The zero-order chi connectivity index (χ0) is 11.5. The SMILES string of the molecule is O=C(O)N1CC(OCc2ccc(I)cc2)C1. The summed E-state index contributed by atoms with van der Waals surface area (Å²) in [7, 11) is 0. The van der Waals surface area contributed by atoms with Gasteiger partial charge < -0.3 is 14.7 Å². The maximum absolute atomic E-state index is 10.5. The summed E-state index contributed by atoms with van der Waals surface area (Å²) < 4.78 is 6.77. The van der Waals surface area contributed by atoms with E-state index in [0.717, 1.165) is 5.56 Å². The van der Waals surface area contributed by atoms with Gasteiger partial charge in [-0.15, -0.1) is 0 Å². The molecule has 4 nitrogen and oxygen atoms in total. The molecule has 1 amide bonds. The number of amides is 1. The van der Waals surface area contributed by atoms with Gasteiger partial charge in [-0.3, -0.25) is 0 Å². The Morgan fingerprint density at radius 1 is 1.44 bits per heavy atom. The normalized spacial score (nSPS) is 15.9. The van der Waals surface area contributed by atoms with Crippen molar-refractivity contribution in [1.29, 1.82) is 0 Å². The summed E-state index contributed by atoms with van der Waals surface area (Å²) in [6.45, 7) is 1.52. The van der Waals surface area contributed by atoms with E-state index < -0.39 is 6.09 Å². The van der Waals surface area contributed by atoms with Crippen LogP contribution in [0.4, 0.5) is 4.79 Å². The van der Waals surface area contributed by atoms with Gasteiger partial charge in [-0.1, -0.05) is 12.1 Å². The predicted molar refractivity (Wildman–Crippen MR) is 67.3 cm³/mol. The molecule has 0 radical (unpaired) electrons. The molecule has 1 fully saturated rings. The van der Waals surface area contributed by atoms with Crippen molar-refractivity contribution in [3.63, 3.8) is 0 Å². The average Bonchev–Trinajstić information content (AvgIpc) is 2.18. The van der Waals surface area contributed by atoms with Crippen LogP contribution in [0.5, 0.6) is 0 Å². The van der Waals surface area contributed by atoms with Gasteiger partial charge in [-0.2, -0.15) is 0 Å². The first kappa shape index (κ1) is 11.7. The van der Waals surface area contributed by atoms with Gasteiger partial charge in [-0.05, 0) is 40.3 Å². The molecule has 1 aliphatic heterocycles. The largest absolute Gasteiger partial charge is 0.465 e.